The van der Waals surface area contributed by atoms with E-state index in [1.807, 2.05) is 0 Å². The largest absolute Gasteiger partial charge is 0.393 e. The Kier molecular flexibility index (Phi) is 4.18. The molecule has 2 atom stereocenters. The van der Waals surface area contributed by atoms with Crippen LogP contribution in [0.15, 0.2) is 12.3 Å². The first-order chi connectivity index (χ1) is 9.33. The Balaban J connectivity index is 1.45. The fourth-order valence-corrected chi connectivity index (χ4v) is 3.48. The number of rotatable bonds is 5. The van der Waals surface area contributed by atoms with Gasteiger partial charge in [-0.15, -0.1) is 0 Å². The molecule has 1 aromatic rings. The van der Waals surface area contributed by atoms with Crippen molar-refractivity contribution < 1.29 is 5.11 Å². The first-order valence-corrected chi connectivity index (χ1v) is 7.76. The molecule has 0 bridgehead atoms. The van der Waals surface area contributed by atoms with Crippen LogP contribution >= 0.6 is 0 Å². The highest BCUT2D eigenvalue weighted by atomic mass is 16.3. The van der Waals surface area contributed by atoms with Crippen LogP contribution in [0, 0.1) is 5.92 Å². The summed E-state index contributed by atoms with van der Waals surface area (Å²) in [4.78, 5) is 0. The summed E-state index contributed by atoms with van der Waals surface area (Å²) in [5.41, 5.74) is 1.12. The molecular formula is C15H25N3O. The zero-order valence-electron chi connectivity index (χ0n) is 11.6. The van der Waals surface area contributed by atoms with Crippen LogP contribution in [0.4, 0.5) is 0 Å². The molecule has 2 saturated carbocycles. The molecule has 1 aromatic heterocycles. The van der Waals surface area contributed by atoms with E-state index < -0.39 is 0 Å². The van der Waals surface area contributed by atoms with Gasteiger partial charge < -0.3 is 10.4 Å². The third-order valence-electron chi connectivity index (χ3n) is 4.69. The van der Waals surface area contributed by atoms with Crippen molar-refractivity contribution >= 4 is 0 Å². The van der Waals surface area contributed by atoms with Gasteiger partial charge in [-0.2, -0.15) is 5.10 Å². The second-order valence-corrected chi connectivity index (χ2v) is 6.11. The summed E-state index contributed by atoms with van der Waals surface area (Å²) >= 11 is 0. The lowest BCUT2D eigenvalue weighted by atomic mass is 10.1. The average molecular weight is 263 g/mol. The molecule has 0 spiro atoms. The van der Waals surface area contributed by atoms with Gasteiger partial charge in [0.05, 0.1) is 17.8 Å². The first kappa shape index (κ1) is 13.1. The van der Waals surface area contributed by atoms with E-state index in [9.17, 15) is 5.11 Å². The Bertz CT molecular complexity index is 398. The predicted molar refractivity (Wildman–Crippen MR) is 74.8 cm³/mol. The van der Waals surface area contributed by atoms with Gasteiger partial charge in [-0.05, 0) is 37.7 Å². The monoisotopic (exact) mass is 263 g/mol. The number of nitrogens with zero attached hydrogens (tertiary/aromatic N) is 2. The molecule has 0 aliphatic heterocycles. The van der Waals surface area contributed by atoms with Crippen LogP contribution in [0.1, 0.15) is 56.7 Å². The van der Waals surface area contributed by atoms with Crippen molar-refractivity contribution in [2.45, 2.75) is 63.6 Å². The highest BCUT2D eigenvalue weighted by Crippen LogP contribution is 2.28. The average Bonchev–Trinajstić information content (AvgIpc) is 3.11. The van der Waals surface area contributed by atoms with E-state index in [4.69, 9.17) is 0 Å². The van der Waals surface area contributed by atoms with Gasteiger partial charge in [0.25, 0.3) is 0 Å². The van der Waals surface area contributed by atoms with Crippen molar-refractivity contribution in [2.75, 3.05) is 6.54 Å². The number of aliphatic hydroxyl groups is 1. The van der Waals surface area contributed by atoms with Crippen molar-refractivity contribution in [3.05, 3.63) is 18.0 Å². The van der Waals surface area contributed by atoms with E-state index in [1.54, 1.807) is 0 Å². The summed E-state index contributed by atoms with van der Waals surface area (Å²) in [6.45, 7) is 1.74. The van der Waals surface area contributed by atoms with Crippen molar-refractivity contribution in [2.24, 2.45) is 5.92 Å². The SMILES string of the molecule is OC1CCCC1CNCc1ccn(C2CCCC2)n1. The van der Waals surface area contributed by atoms with Gasteiger partial charge in [0.2, 0.25) is 0 Å². The van der Waals surface area contributed by atoms with Crippen LogP contribution in [0.3, 0.4) is 0 Å². The first-order valence-electron chi connectivity index (χ1n) is 7.76. The van der Waals surface area contributed by atoms with E-state index in [2.05, 4.69) is 27.4 Å². The third-order valence-corrected chi connectivity index (χ3v) is 4.69. The molecule has 106 valence electrons. The maximum atomic E-state index is 9.77. The Morgan fingerprint density at radius 3 is 2.79 bits per heavy atom. The minimum Gasteiger partial charge on any atom is -0.393 e. The van der Waals surface area contributed by atoms with Gasteiger partial charge in [-0.1, -0.05) is 19.3 Å². The van der Waals surface area contributed by atoms with Crippen LogP contribution in [-0.4, -0.2) is 27.5 Å². The lowest BCUT2D eigenvalue weighted by Gasteiger charge is -2.14. The van der Waals surface area contributed by atoms with Crippen molar-refractivity contribution in [3.8, 4) is 0 Å². The van der Waals surface area contributed by atoms with Gasteiger partial charge in [0.1, 0.15) is 0 Å². The number of aromatic nitrogens is 2. The molecule has 2 aliphatic rings. The Morgan fingerprint density at radius 2 is 2.05 bits per heavy atom. The van der Waals surface area contributed by atoms with Gasteiger partial charge in [0, 0.05) is 19.3 Å². The molecule has 4 heteroatoms. The Labute approximate surface area is 115 Å². The molecule has 0 aromatic carbocycles. The summed E-state index contributed by atoms with van der Waals surface area (Å²) in [6, 6.07) is 2.75. The van der Waals surface area contributed by atoms with Crippen molar-refractivity contribution in [1.82, 2.24) is 15.1 Å². The van der Waals surface area contributed by atoms with E-state index in [-0.39, 0.29) is 6.10 Å². The van der Waals surface area contributed by atoms with Gasteiger partial charge >= 0.3 is 0 Å². The fourth-order valence-electron chi connectivity index (χ4n) is 3.48. The van der Waals surface area contributed by atoms with E-state index >= 15 is 0 Å². The second-order valence-electron chi connectivity index (χ2n) is 6.11. The topological polar surface area (TPSA) is 50.1 Å². The zero-order chi connectivity index (χ0) is 13.1. The third kappa shape index (κ3) is 3.18. The lowest BCUT2D eigenvalue weighted by Crippen LogP contribution is -2.27. The van der Waals surface area contributed by atoms with Gasteiger partial charge in [0.15, 0.2) is 0 Å². The summed E-state index contributed by atoms with van der Waals surface area (Å²) < 4.78 is 2.15. The minimum atomic E-state index is -0.0939. The van der Waals surface area contributed by atoms with Crippen LogP contribution < -0.4 is 5.32 Å². The summed E-state index contributed by atoms with van der Waals surface area (Å²) in [5.74, 6) is 0.442. The summed E-state index contributed by atoms with van der Waals surface area (Å²) in [6.07, 6.45) is 10.6. The molecule has 0 saturated heterocycles. The molecule has 19 heavy (non-hydrogen) atoms. The van der Waals surface area contributed by atoms with Crippen LogP contribution in [0.2, 0.25) is 0 Å². The fraction of sp³-hybridized carbons (Fsp3) is 0.800. The molecule has 4 nitrogen and oxygen atoms in total. The predicted octanol–water partition coefficient (Wildman–Crippen LogP) is 2.25. The normalized spacial score (nSPS) is 28.3. The molecule has 0 amide bonds. The van der Waals surface area contributed by atoms with Crippen molar-refractivity contribution in [3.63, 3.8) is 0 Å². The zero-order valence-corrected chi connectivity index (χ0v) is 11.6. The molecule has 2 N–H and O–H groups in total. The molecule has 3 rings (SSSR count). The van der Waals surface area contributed by atoms with Gasteiger partial charge in [-0.3, -0.25) is 4.68 Å². The lowest BCUT2D eigenvalue weighted by molar-refractivity contribution is 0.131. The highest BCUT2D eigenvalue weighted by molar-refractivity contribution is 5.00. The highest BCUT2D eigenvalue weighted by Gasteiger charge is 2.24. The molecule has 2 fully saturated rings. The molecular weight excluding hydrogens is 238 g/mol. The molecule has 0 radical (unpaired) electrons. The van der Waals surface area contributed by atoms with Gasteiger partial charge in [-0.25, -0.2) is 0 Å². The Morgan fingerprint density at radius 1 is 1.21 bits per heavy atom. The standard InChI is InChI=1S/C15H25N3O/c19-15-7-3-4-12(15)10-16-11-13-8-9-18(17-13)14-5-1-2-6-14/h8-9,12,14-16,19H,1-7,10-11H2. The minimum absolute atomic E-state index is 0.0939. The smallest absolute Gasteiger partial charge is 0.0762 e. The number of hydrogen-bond donors (Lipinski definition) is 2. The molecule has 2 aliphatic carbocycles. The van der Waals surface area contributed by atoms with Crippen LogP contribution in [0.25, 0.3) is 0 Å². The quantitative estimate of drug-likeness (QED) is 0.856. The van der Waals surface area contributed by atoms with Crippen molar-refractivity contribution in [1.29, 1.82) is 0 Å². The summed E-state index contributed by atoms with van der Waals surface area (Å²) in [7, 11) is 0. The Hall–Kier alpha value is -0.870. The van der Waals surface area contributed by atoms with E-state index in [0.717, 1.165) is 31.6 Å². The van der Waals surface area contributed by atoms with Crippen LogP contribution in [0.5, 0.6) is 0 Å². The maximum Gasteiger partial charge on any atom is 0.0762 e. The number of hydrogen-bond acceptors (Lipinski definition) is 3. The van der Waals surface area contributed by atoms with E-state index in [1.165, 1.54) is 32.1 Å². The van der Waals surface area contributed by atoms with Crippen LogP contribution in [-0.2, 0) is 6.54 Å². The van der Waals surface area contributed by atoms with E-state index in [0.29, 0.717) is 12.0 Å². The number of aliphatic hydroxyl groups excluding tert-OH is 1. The molecule has 2 unspecified atom stereocenters. The molecule has 1 heterocycles. The number of nitrogens with one attached hydrogen (secondary N) is 1. The maximum absolute atomic E-state index is 9.77. The second kappa shape index (κ2) is 6.06. The summed E-state index contributed by atoms with van der Waals surface area (Å²) in [5, 5.41) is 17.9.